The van der Waals surface area contributed by atoms with Crippen LogP contribution in [0.5, 0.6) is 17.4 Å². The number of aliphatic hydroxyl groups is 1. The number of pyridine rings is 1. The Kier molecular flexibility index (Phi) is 7.36. The maximum atomic E-state index is 12.5. The van der Waals surface area contributed by atoms with Gasteiger partial charge in [0.2, 0.25) is 5.88 Å². The lowest BCUT2D eigenvalue weighted by Gasteiger charge is -2.31. The molecule has 4 aromatic rings. The summed E-state index contributed by atoms with van der Waals surface area (Å²) in [6.45, 7) is 3.00. The third kappa shape index (κ3) is 5.30. The molecule has 1 amide bonds. The third-order valence-electron chi connectivity index (χ3n) is 5.67. The molecule has 0 bridgehead atoms. The molecule has 11 nitrogen and oxygen atoms in total. The Balaban J connectivity index is 0.00000141. The van der Waals surface area contributed by atoms with Gasteiger partial charge in [-0.05, 0) is 56.2 Å². The predicted octanol–water partition coefficient (Wildman–Crippen LogP) is 3.35. The average molecular weight is 478 g/mol. The fraction of sp³-hybridized carbons (Fsp3) is 0.292. The molecule has 3 N–H and O–H groups in total. The molecule has 182 valence electrons. The van der Waals surface area contributed by atoms with Crippen molar-refractivity contribution < 1.29 is 19.4 Å². The van der Waals surface area contributed by atoms with Crippen molar-refractivity contribution in [2.75, 3.05) is 25.9 Å². The number of anilines is 1. The Morgan fingerprint density at radius 3 is 2.54 bits per heavy atom. The number of benzene rings is 1. The number of nitrogens with two attached hydrogens (primary N) is 1. The normalized spacial score (nSPS) is 13.7. The molecule has 11 heteroatoms. The largest absolute Gasteiger partial charge is 0.436 e. The van der Waals surface area contributed by atoms with Crippen molar-refractivity contribution in [2.24, 2.45) is 0 Å². The summed E-state index contributed by atoms with van der Waals surface area (Å²) < 4.78 is 13.3. The van der Waals surface area contributed by atoms with Gasteiger partial charge in [0.15, 0.2) is 11.4 Å². The van der Waals surface area contributed by atoms with E-state index in [0.717, 1.165) is 31.0 Å². The molecule has 4 heterocycles. The van der Waals surface area contributed by atoms with E-state index in [0.29, 0.717) is 41.8 Å². The van der Waals surface area contributed by atoms with Gasteiger partial charge in [0.25, 0.3) is 0 Å². The molecule has 0 saturated carbocycles. The van der Waals surface area contributed by atoms with Gasteiger partial charge >= 0.3 is 6.09 Å². The molecule has 3 aromatic heterocycles. The lowest BCUT2D eigenvalue weighted by molar-refractivity contribution is 0.130. The minimum absolute atomic E-state index is 0.103. The van der Waals surface area contributed by atoms with Gasteiger partial charge in [-0.15, -0.1) is 0 Å². The minimum atomic E-state index is -0.367. The number of fused-ring (bicyclic) bond motifs is 1. The third-order valence-corrected chi connectivity index (χ3v) is 5.67. The molecule has 0 unspecified atom stereocenters. The highest BCUT2D eigenvalue weighted by atomic mass is 16.6. The molecule has 1 saturated heterocycles. The van der Waals surface area contributed by atoms with E-state index in [2.05, 4.69) is 20.1 Å². The summed E-state index contributed by atoms with van der Waals surface area (Å²) in [5, 5.41) is 12.3. The Morgan fingerprint density at radius 1 is 1.09 bits per heavy atom. The minimum Gasteiger partial charge on any atom is -0.436 e. The number of likely N-dealkylation sites (tertiary alicyclic amines) is 1. The Hall–Kier alpha value is -4.25. The van der Waals surface area contributed by atoms with Crippen molar-refractivity contribution in [3.05, 3.63) is 60.8 Å². The van der Waals surface area contributed by atoms with Crippen molar-refractivity contribution in [1.29, 1.82) is 0 Å². The van der Waals surface area contributed by atoms with E-state index in [1.54, 1.807) is 41.6 Å². The molecular weight excluding hydrogens is 450 g/mol. The number of rotatable bonds is 4. The van der Waals surface area contributed by atoms with Crippen LogP contribution in [0.25, 0.3) is 11.0 Å². The number of nitrogen functional groups attached to an aromatic ring is 1. The summed E-state index contributed by atoms with van der Waals surface area (Å²) in [4.78, 5) is 27.2. The molecule has 1 aliphatic heterocycles. The summed E-state index contributed by atoms with van der Waals surface area (Å²) >= 11 is 0. The highest BCUT2D eigenvalue weighted by Crippen LogP contribution is 2.31. The maximum absolute atomic E-state index is 12.5. The van der Waals surface area contributed by atoms with Crippen LogP contribution in [0, 0.1) is 6.92 Å². The number of hydrogen-bond donors (Lipinski definition) is 2. The summed E-state index contributed by atoms with van der Waals surface area (Å²) in [5.74, 6) is 1.55. The zero-order chi connectivity index (χ0) is 24.8. The number of nitrogens with zero attached hydrogens (tertiary/aromatic N) is 6. The monoisotopic (exact) mass is 477 g/mol. The van der Waals surface area contributed by atoms with Gasteiger partial charge in [-0.3, -0.25) is 4.98 Å². The fourth-order valence-electron chi connectivity index (χ4n) is 3.87. The first-order valence-corrected chi connectivity index (χ1v) is 11.1. The first-order chi connectivity index (χ1) is 17.1. The lowest BCUT2D eigenvalue weighted by atomic mass is 10.1. The van der Waals surface area contributed by atoms with Crippen LogP contribution in [0.15, 0.2) is 55.1 Å². The number of carbonyl (C=O) groups excluding carboxylic acids is 1. The van der Waals surface area contributed by atoms with Gasteiger partial charge in [-0.2, -0.15) is 5.10 Å². The van der Waals surface area contributed by atoms with Gasteiger partial charge < -0.3 is 25.2 Å². The highest BCUT2D eigenvalue weighted by Gasteiger charge is 2.27. The second kappa shape index (κ2) is 10.8. The Bertz CT molecular complexity index is 1280. The van der Waals surface area contributed by atoms with E-state index in [-0.39, 0.29) is 12.1 Å². The number of aryl methyl sites for hydroxylation is 1. The summed E-state index contributed by atoms with van der Waals surface area (Å²) in [7, 11) is 1.00. The van der Waals surface area contributed by atoms with Crippen LogP contribution in [-0.2, 0) is 0 Å². The number of aromatic nitrogens is 5. The zero-order valence-corrected chi connectivity index (χ0v) is 19.5. The van der Waals surface area contributed by atoms with E-state index in [9.17, 15) is 4.79 Å². The highest BCUT2D eigenvalue weighted by molar-refractivity contribution is 5.80. The summed E-state index contributed by atoms with van der Waals surface area (Å²) in [6, 6.07) is 10.5. The smallest absolute Gasteiger partial charge is 0.415 e. The molecule has 0 aliphatic carbocycles. The maximum Gasteiger partial charge on any atom is 0.415 e. The molecule has 5 rings (SSSR count). The number of amides is 1. The average Bonchev–Trinajstić information content (AvgIpc) is 3.33. The van der Waals surface area contributed by atoms with Gasteiger partial charge in [0, 0.05) is 32.1 Å². The van der Waals surface area contributed by atoms with Crippen LogP contribution in [0.1, 0.15) is 24.6 Å². The van der Waals surface area contributed by atoms with Crippen LogP contribution in [-0.4, -0.2) is 61.0 Å². The van der Waals surface area contributed by atoms with E-state index in [1.165, 1.54) is 6.33 Å². The second-order valence-electron chi connectivity index (χ2n) is 7.85. The summed E-state index contributed by atoms with van der Waals surface area (Å²) in [6.07, 6.45) is 6.01. The van der Waals surface area contributed by atoms with Crippen LogP contribution in [0.3, 0.4) is 0 Å². The van der Waals surface area contributed by atoms with Crippen LogP contribution < -0.4 is 15.2 Å². The van der Waals surface area contributed by atoms with Gasteiger partial charge in [-0.25, -0.2) is 19.4 Å². The SMILES string of the molecule is CO.Cc1ncccc1Oc1ncnc2c1cnn2C1CCN(C(=O)Oc2ccc(N)cc2)CC1. The standard InChI is InChI=1S/C23H23N7O3.CH4O/c1-15-20(3-2-10-25-15)33-22-19-13-28-30(21(19)26-14-27-22)17-8-11-29(12-9-17)23(31)32-18-6-4-16(24)5-7-18;1-2/h2-7,10,13-14,17H,8-9,11-12,24H2,1H3;2H,1H3. The fourth-order valence-corrected chi connectivity index (χ4v) is 3.87. The van der Waals surface area contributed by atoms with Crippen LogP contribution in [0.2, 0.25) is 0 Å². The van der Waals surface area contributed by atoms with Crippen molar-refractivity contribution >= 4 is 22.8 Å². The van der Waals surface area contributed by atoms with E-state index in [4.69, 9.17) is 20.3 Å². The number of piperidine rings is 1. The lowest BCUT2D eigenvalue weighted by Crippen LogP contribution is -2.40. The van der Waals surface area contributed by atoms with Gasteiger partial charge in [0.05, 0.1) is 17.9 Å². The quantitative estimate of drug-likeness (QED) is 0.423. The Labute approximate surface area is 202 Å². The molecule has 1 fully saturated rings. The molecule has 1 aliphatic rings. The van der Waals surface area contributed by atoms with Crippen LogP contribution >= 0.6 is 0 Å². The molecular formula is C24H27N7O4. The van der Waals surface area contributed by atoms with E-state index in [1.807, 2.05) is 23.7 Å². The number of hydrogen-bond acceptors (Lipinski definition) is 9. The van der Waals surface area contributed by atoms with Crippen molar-refractivity contribution in [3.63, 3.8) is 0 Å². The number of aliphatic hydroxyl groups excluding tert-OH is 1. The molecule has 35 heavy (non-hydrogen) atoms. The van der Waals surface area contributed by atoms with E-state index >= 15 is 0 Å². The molecule has 0 atom stereocenters. The zero-order valence-electron chi connectivity index (χ0n) is 19.5. The molecule has 1 aromatic carbocycles. The van der Waals surface area contributed by atoms with Crippen molar-refractivity contribution in [2.45, 2.75) is 25.8 Å². The number of ether oxygens (including phenoxy) is 2. The molecule has 0 radical (unpaired) electrons. The Morgan fingerprint density at radius 2 is 1.83 bits per heavy atom. The first kappa shape index (κ1) is 23.9. The van der Waals surface area contributed by atoms with Gasteiger partial charge in [-0.1, -0.05) is 0 Å². The molecule has 0 spiro atoms. The van der Waals surface area contributed by atoms with Crippen LogP contribution in [0.4, 0.5) is 10.5 Å². The first-order valence-electron chi connectivity index (χ1n) is 11.1. The summed E-state index contributed by atoms with van der Waals surface area (Å²) in [5.41, 5.74) is 7.77. The van der Waals surface area contributed by atoms with Crippen molar-refractivity contribution in [3.8, 4) is 17.4 Å². The topological polar surface area (TPSA) is 142 Å². The van der Waals surface area contributed by atoms with Gasteiger partial charge in [0.1, 0.15) is 17.5 Å². The van der Waals surface area contributed by atoms with E-state index < -0.39 is 0 Å². The van der Waals surface area contributed by atoms with Crippen molar-refractivity contribution in [1.82, 2.24) is 29.6 Å². The second-order valence-corrected chi connectivity index (χ2v) is 7.85. The number of carbonyl (C=O) groups is 1. The predicted molar refractivity (Wildman–Crippen MR) is 129 cm³/mol.